The van der Waals surface area contributed by atoms with Crippen LogP contribution in [0.4, 0.5) is 10.8 Å². The third kappa shape index (κ3) is 3.57. The zero-order valence-electron chi connectivity index (χ0n) is 23.5. The van der Waals surface area contributed by atoms with Crippen LogP contribution in [0.5, 0.6) is 5.75 Å². The van der Waals surface area contributed by atoms with E-state index in [0.29, 0.717) is 27.5 Å². The summed E-state index contributed by atoms with van der Waals surface area (Å²) < 4.78 is 12.3. The number of methoxy groups -OCH3 is 1. The number of benzene rings is 4. The van der Waals surface area contributed by atoms with Gasteiger partial charge in [-0.25, -0.2) is 4.98 Å². The molecule has 1 spiro atoms. The van der Waals surface area contributed by atoms with Crippen molar-refractivity contribution in [3.8, 4) is 5.75 Å². The van der Waals surface area contributed by atoms with Crippen LogP contribution in [0.2, 0.25) is 5.02 Å². The predicted octanol–water partition coefficient (Wildman–Crippen LogP) is 6.82. The van der Waals surface area contributed by atoms with E-state index in [4.69, 9.17) is 25.7 Å². The molecule has 4 aromatic carbocycles. The van der Waals surface area contributed by atoms with Gasteiger partial charge in [-0.2, -0.15) is 0 Å². The maximum absolute atomic E-state index is 15.1. The van der Waals surface area contributed by atoms with E-state index in [1.165, 1.54) is 22.3 Å². The minimum Gasteiger partial charge on any atom is -0.497 e. The van der Waals surface area contributed by atoms with Gasteiger partial charge in [0.25, 0.3) is 11.8 Å². The third-order valence-electron chi connectivity index (χ3n) is 8.32. The Labute approximate surface area is 259 Å². The minimum absolute atomic E-state index is 0.0436. The molecule has 8 nitrogen and oxygen atoms in total. The van der Waals surface area contributed by atoms with Crippen LogP contribution >= 0.6 is 22.9 Å². The number of carbonyl (C=O) groups is 2. The van der Waals surface area contributed by atoms with Crippen LogP contribution in [0.3, 0.4) is 0 Å². The van der Waals surface area contributed by atoms with Crippen LogP contribution in [0.25, 0.3) is 21.2 Å². The number of ether oxygens (including phenoxy) is 1. The summed E-state index contributed by atoms with van der Waals surface area (Å²) in [5, 5.41) is 0.771. The normalized spacial score (nSPS) is 17.2. The number of nitrogens with zero attached hydrogens (tertiary/aromatic N) is 3. The van der Waals surface area contributed by atoms with Crippen molar-refractivity contribution in [1.29, 1.82) is 0 Å². The molecule has 8 rings (SSSR count). The lowest BCUT2D eigenvalue weighted by Crippen LogP contribution is -2.53. The van der Waals surface area contributed by atoms with E-state index in [1.54, 1.807) is 48.4 Å². The van der Waals surface area contributed by atoms with Crippen LogP contribution in [0.1, 0.15) is 32.8 Å². The van der Waals surface area contributed by atoms with Crippen LogP contribution in [0.15, 0.2) is 94.1 Å². The van der Waals surface area contributed by atoms with E-state index in [1.807, 2.05) is 49.4 Å². The lowest BCUT2D eigenvalue weighted by atomic mass is 9.84. The molecule has 1 atom stereocenters. The number of fused-ring (bicyclic) bond motifs is 6. The number of halogens is 1. The first-order chi connectivity index (χ1) is 21.3. The molecule has 2 aliphatic rings. The Bertz CT molecular complexity index is 2260. The quantitative estimate of drug-likeness (QED) is 0.215. The molecule has 216 valence electrons. The summed E-state index contributed by atoms with van der Waals surface area (Å²) in [6.07, 6.45) is 0. The van der Waals surface area contributed by atoms with E-state index < -0.39 is 22.8 Å². The summed E-state index contributed by atoms with van der Waals surface area (Å²) in [5.74, 6) is -0.635. The second-order valence-electron chi connectivity index (χ2n) is 10.9. The SMILES string of the molecule is COc1ccc2nc(N3C(=O)c4oc5ccc(Cl)cc5c(=O)c4C34C(=O)N(Cc3ccc(C)cc3)c3ccccc34)sc2c1. The first-order valence-electron chi connectivity index (χ1n) is 13.8. The predicted molar refractivity (Wildman–Crippen MR) is 170 cm³/mol. The molecule has 2 aliphatic heterocycles. The zero-order chi connectivity index (χ0) is 30.3. The third-order valence-corrected chi connectivity index (χ3v) is 9.56. The topological polar surface area (TPSA) is 93.0 Å². The molecular weight excluding hydrogens is 598 g/mol. The second kappa shape index (κ2) is 9.51. The highest BCUT2D eigenvalue weighted by molar-refractivity contribution is 7.22. The van der Waals surface area contributed by atoms with Crippen molar-refractivity contribution in [1.82, 2.24) is 4.98 Å². The molecule has 0 saturated heterocycles. The maximum atomic E-state index is 15.1. The van der Waals surface area contributed by atoms with Gasteiger partial charge in [0.15, 0.2) is 16.1 Å². The smallest absolute Gasteiger partial charge is 0.297 e. The fraction of sp³-hybridized carbons (Fsp3) is 0.118. The first kappa shape index (κ1) is 26.6. The van der Waals surface area contributed by atoms with Crippen molar-refractivity contribution in [3.05, 3.63) is 128 Å². The summed E-state index contributed by atoms with van der Waals surface area (Å²) in [6.45, 7) is 2.23. The van der Waals surface area contributed by atoms with Crippen molar-refractivity contribution in [2.45, 2.75) is 19.0 Å². The average Bonchev–Trinajstić information content (AvgIpc) is 3.64. The second-order valence-corrected chi connectivity index (χ2v) is 12.3. The Morgan fingerprint density at radius 3 is 2.57 bits per heavy atom. The van der Waals surface area contributed by atoms with Crippen molar-refractivity contribution in [2.24, 2.45) is 0 Å². The van der Waals surface area contributed by atoms with Gasteiger partial charge in [0, 0.05) is 10.6 Å². The van der Waals surface area contributed by atoms with E-state index in [0.717, 1.165) is 15.8 Å². The van der Waals surface area contributed by atoms with Crippen LogP contribution < -0.4 is 20.0 Å². The van der Waals surface area contributed by atoms with Gasteiger partial charge in [0.1, 0.15) is 11.3 Å². The molecule has 44 heavy (non-hydrogen) atoms. The minimum atomic E-state index is -1.86. The standard InChI is InChI=1S/C34H22ClN3O5S/c1-18-7-9-19(10-8-18)17-37-25-6-4-3-5-23(25)34(32(37)41)28-29(39)22-15-20(35)11-14-26(22)43-30(28)31(40)38(34)33-36-24-13-12-21(42-2)16-27(24)44-33/h3-16H,17H2,1-2H3. The Kier molecular flexibility index (Phi) is 5.75. The summed E-state index contributed by atoms with van der Waals surface area (Å²) >= 11 is 7.53. The molecule has 4 heterocycles. The molecule has 2 aromatic heterocycles. The van der Waals surface area contributed by atoms with Gasteiger partial charge in [0.2, 0.25) is 5.76 Å². The molecule has 1 unspecified atom stereocenters. The van der Waals surface area contributed by atoms with Gasteiger partial charge in [-0.05, 0) is 55.0 Å². The van der Waals surface area contributed by atoms with Gasteiger partial charge < -0.3 is 14.1 Å². The van der Waals surface area contributed by atoms with Gasteiger partial charge in [-0.15, -0.1) is 0 Å². The molecule has 0 radical (unpaired) electrons. The first-order valence-corrected chi connectivity index (χ1v) is 15.0. The van der Waals surface area contributed by atoms with Crippen molar-refractivity contribution in [2.75, 3.05) is 16.9 Å². The van der Waals surface area contributed by atoms with Crippen molar-refractivity contribution < 1.29 is 18.7 Å². The highest BCUT2D eigenvalue weighted by atomic mass is 35.5. The number of anilines is 2. The number of amides is 2. The van der Waals surface area contributed by atoms with Crippen molar-refractivity contribution in [3.63, 3.8) is 0 Å². The van der Waals surface area contributed by atoms with E-state index in [2.05, 4.69) is 0 Å². The number of aromatic nitrogens is 1. The molecule has 2 amide bonds. The van der Waals surface area contributed by atoms with Gasteiger partial charge >= 0.3 is 0 Å². The Balaban J connectivity index is 1.44. The number of carbonyl (C=O) groups excluding carboxylic acids is 2. The molecule has 0 saturated carbocycles. The van der Waals surface area contributed by atoms with E-state index in [9.17, 15) is 9.59 Å². The molecular formula is C34H22ClN3O5S. The van der Waals surface area contributed by atoms with Crippen LogP contribution in [-0.4, -0.2) is 23.9 Å². The van der Waals surface area contributed by atoms with Gasteiger partial charge in [-0.1, -0.05) is 71.0 Å². The largest absolute Gasteiger partial charge is 0.497 e. The van der Waals surface area contributed by atoms with Gasteiger partial charge in [0.05, 0.1) is 40.5 Å². The highest BCUT2D eigenvalue weighted by Crippen LogP contribution is 2.55. The lowest BCUT2D eigenvalue weighted by Gasteiger charge is -2.32. The molecule has 0 bridgehead atoms. The summed E-state index contributed by atoms with van der Waals surface area (Å²) in [5.41, 5.74) is 1.51. The van der Waals surface area contributed by atoms with Crippen LogP contribution in [-0.2, 0) is 16.9 Å². The summed E-state index contributed by atoms with van der Waals surface area (Å²) in [4.78, 5) is 51.9. The fourth-order valence-electron chi connectivity index (χ4n) is 6.28. The molecule has 6 aromatic rings. The van der Waals surface area contributed by atoms with E-state index >= 15 is 4.79 Å². The number of rotatable bonds is 4. The number of hydrogen-bond acceptors (Lipinski definition) is 7. The van der Waals surface area contributed by atoms with Gasteiger partial charge in [-0.3, -0.25) is 19.3 Å². The molecule has 0 aliphatic carbocycles. The number of thiazole rings is 1. The number of para-hydroxylation sites is 1. The lowest BCUT2D eigenvalue weighted by molar-refractivity contribution is -0.121. The maximum Gasteiger partial charge on any atom is 0.297 e. The summed E-state index contributed by atoms with van der Waals surface area (Å²) in [6, 6.07) is 25.2. The molecule has 0 N–H and O–H groups in total. The monoisotopic (exact) mass is 619 g/mol. The average molecular weight is 620 g/mol. The molecule has 10 heteroatoms. The Morgan fingerprint density at radius 1 is 0.977 bits per heavy atom. The molecule has 0 fully saturated rings. The fourth-order valence-corrected chi connectivity index (χ4v) is 7.50. The number of hydrogen-bond donors (Lipinski definition) is 0. The highest BCUT2D eigenvalue weighted by Gasteiger charge is 2.66. The Hall–Kier alpha value is -4.99. The van der Waals surface area contributed by atoms with E-state index in [-0.39, 0.29) is 34.0 Å². The zero-order valence-corrected chi connectivity index (χ0v) is 25.0. The summed E-state index contributed by atoms with van der Waals surface area (Å²) in [7, 11) is 1.57. The number of aryl methyl sites for hydroxylation is 1. The van der Waals surface area contributed by atoms with Crippen molar-refractivity contribution >= 4 is 66.8 Å². The Morgan fingerprint density at radius 2 is 1.77 bits per heavy atom. The van der Waals surface area contributed by atoms with Crippen LogP contribution in [0, 0.1) is 6.92 Å².